The van der Waals surface area contributed by atoms with Crippen molar-refractivity contribution in [2.75, 3.05) is 6.61 Å². The molecule has 1 N–H and O–H groups in total. The molecule has 11 heteroatoms. The SMILES string of the molecule is CC1(C)O[C@@H]([C@@H](O)[C@@H]2OC(=O)[C@H](O[Si](C)(C)C(C)(C)C)[C@H]2O[Si](C)(C)C(C)(C)C)[C@H](CO[Si](C)(C)C(C)(C)C)O1. The van der Waals surface area contributed by atoms with Crippen molar-refractivity contribution in [2.45, 2.75) is 173 Å². The lowest BCUT2D eigenvalue weighted by Crippen LogP contribution is -2.57. The highest BCUT2D eigenvalue weighted by Crippen LogP contribution is 2.44. The van der Waals surface area contributed by atoms with E-state index in [9.17, 15) is 9.90 Å². The normalized spacial score (nSPS) is 29.6. The lowest BCUT2D eigenvalue weighted by molar-refractivity contribution is -0.171. The Bertz CT molecular complexity index is 898. The van der Waals surface area contributed by atoms with Gasteiger partial charge >= 0.3 is 5.97 Å². The van der Waals surface area contributed by atoms with E-state index in [1.165, 1.54) is 0 Å². The summed E-state index contributed by atoms with van der Waals surface area (Å²) in [7, 11) is -6.86. The number of aliphatic hydroxyl groups excluding tert-OH is 1. The molecule has 2 fully saturated rings. The Balaban J connectivity index is 2.44. The molecule has 2 aliphatic rings. The molecule has 0 aromatic carbocycles. The highest BCUT2D eigenvalue weighted by molar-refractivity contribution is 6.75. The molecule has 2 aliphatic heterocycles. The molecule has 6 atom stereocenters. The first-order valence-corrected chi connectivity index (χ1v) is 23.5. The van der Waals surface area contributed by atoms with Crippen molar-refractivity contribution >= 4 is 30.9 Å². The molecule has 0 aromatic rings. The van der Waals surface area contributed by atoms with Gasteiger partial charge in [-0.1, -0.05) is 62.3 Å². The van der Waals surface area contributed by atoms with E-state index in [-0.39, 0.29) is 21.7 Å². The van der Waals surface area contributed by atoms with Gasteiger partial charge in [0, 0.05) is 0 Å². The summed E-state index contributed by atoms with van der Waals surface area (Å²) in [5.74, 6) is -1.42. The van der Waals surface area contributed by atoms with E-state index >= 15 is 0 Å². The summed E-state index contributed by atoms with van der Waals surface area (Å²) in [5, 5.41) is 11.6. The number of carbonyl (C=O) groups excluding carboxylic acids is 1. The Hall–Kier alpha value is -0.119. The van der Waals surface area contributed by atoms with Gasteiger partial charge in [-0.05, 0) is 68.2 Å². The average Bonchev–Trinajstić information content (AvgIpc) is 3.19. The van der Waals surface area contributed by atoms with E-state index in [1.54, 1.807) is 0 Å². The highest BCUT2D eigenvalue weighted by Gasteiger charge is 2.59. The van der Waals surface area contributed by atoms with Gasteiger partial charge in [0.2, 0.25) is 0 Å². The van der Waals surface area contributed by atoms with Crippen LogP contribution >= 0.6 is 0 Å². The molecule has 2 saturated heterocycles. The summed E-state index contributed by atoms with van der Waals surface area (Å²) >= 11 is 0. The van der Waals surface area contributed by atoms with Crippen LogP contribution in [0, 0.1) is 0 Å². The van der Waals surface area contributed by atoms with Crippen LogP contribution in [0.2, 0.25) is 54.4 Å². The van der Waals surface area contributed by atoms with Crippen LogP contribution in [0.4, 0.5) is 0 Å². The Kier molecular flexibility index (Phi) is 10.3. The minimum atomic E-state index is -2.40. The lowest BCUT2D eigenvalue weighted by atomic mass is 9.98. The van der Waals surface area contributed by atoms with Crippen LogP contribution in [-0.4, -0.2) is 85.0 Å². The maximum absolute atomic E-state index is 13.4. The molecule has 0 radical (unpaired) electrons. The van der Waals surface area contributed by atoms with Gasteiger partial charge in [-0.15, -0.1) is 0 Å². The molecule has 40 heavy (non-hydrogen) atoms. The van der Waals surface area contributed by atoms with Crippen molar-refractivity contribution in [3.05, 3.63) is 0 Å². The number of ether oxygens (including phenoxy) is 3. The largest absolute Gasteiger partial charge is 0.455 e. The van der Waals surface area contributed by atoms with Gasteiger partial charge in [-0.25, -0.2) is 4.79 Å². The predicted octanol–water partition coefficient (Wildman–Crippen LogP) is 6.60. The molecule has 0 saturated carbocycles. The zero-order valence-electron chi connectivity index (χ0n) is 28.5. The Morgan fingerprint density at radius 3 is 1.68 bits per heavy atom. The minimum Gasteiger partial charge on any atom is -0.455 e. The molecular weight excluding hydrogens is 561 g/mol. The molecule has 0 spiro atoms. The van der Waals surface area contributed by atoms with Crippen LogP contribution in [0.1, 0.15) is 76.2 Å². The lowest BCUT2D eigenvalue weighted by Gasteiger charge is -2.43. The summed E-state index contributed by atoms with van der Waals surface area (Å²) < 4.78 is 38.4. The standard InChI is InChI=1S/C29H60O8Si3/c1-26(2,3)38(12,13)32-18-19-21(35-29(10,11)34-19)20(30)22-23(36-39(14,15)27(4,5)6)24(25(31)33-22)37-40(16,17)28(7,8)9/h19-24,30H,18H2,1-17H3/t19-,20+,21+,22-,23-,24+/m0/s1. The first kappa shape index (κ1) is 36.1. The van der Waals surface area contributed by atoms with Crippen LogP contribution < -0.4 is 0 Å². The summed E-state index contributed by atoms with van der Waals surface area (Å²) in [6, 6.07) is 0. The molecule has 8 nitrogen and oxygen atoms in total. The van der Waals surface area contributed by atoms with Crippen LogP contribution in [0.3, 0.4) is 0 Å². The van der Waals surface area contributed by atoms with Gasteiger partial charge in [-0.2, -0.15) is 0 Å². The first-order chi connectivity index (χ1) is 17.5. The van der Waals surface area contributed by atoms with E-state index in [0.717, 1.165) is 0 Å². The van der Waals surface area contributed by atoms with Gasteiger partial charge in [0.1, 0.15) is 24.4 Å². The highest BCUT2D eigenvalue weighted by atomic mass is 28.4. The molecule has 0 unspecified atom stereocenters. The summed E-state index contributed by atoms with van der Waals surface area (Å²) in [6.45, 7) is 36.2. The fourth-order valence-electron chi connectivity index (χ4n) is 4.07. The van der Waals surface area contributed by atoms with Crippen molar-refractivity contribution in [3.63, 3.8) is 0 Å². The number of esters is 1. The van der Waals surface area contributed by atoms with Gasteiger partial charge in [0.25, 0.3) is 0 Å². The van der Waals surface area contributed by atoms with E-state index < -0.39 is 73.3 Å². The van der Waals surface area contributed by atoms with E-state index in [0.29, 0.717) is 0 Å². The Morgan fingerprint density at radius 2 is 1.23 bits per heavy atom. The van der Waals surface area contributed by atoms with Gasteiger partial charge in [0.05, 0.1) is 6.61 Å². The summed E-state index contributed by atoms with van der Waals surface area (Å²) in [5.41, 5.74) is 0. The second kappa shape index (κ2) is 11.4. The van der Waals surface area contributed by atoms with Crippen molar-refractivity contribution in [1.82, 2.24) is 0 Å². The zero-order chi connectivity index (χ0) is 31.5. The molecule has 236 valence electrons. The van der Waals surface area contributed by atoms with Crippen molar-refractivity contribution in [3.8, 4) is 0 Å². The number of hydrogen-bond donors (Lipinski definition) is 1. The summed E-state index contributed by atoms with van der Waals surface area (Å²) in [4.78, 5) is 13.4. The topological polar surface area (TPSA) is 92.7 Å². The molecule has 0 aromatic heterocycles. The third-order valence-electron chi connectivity index (χ3n) is 9.88. The molecule has 0 amide bonds. The Morgan fingerprint density at radius 1 is 0.775 bits per heavy atom. The second-order valence-corrected chi connectivity index (χ2v) is 31.1. The van der Waals surface area contributed by atoms with E-state index in [1.807, 2.05) is 13.8 Å². The quantitative estimate of drug-likeness (QED) is 0.228. The fraction of sp³-hybridized carbons (Fsp3) is 0.966. The molecule has 0 aliphatic carbocycles. The number of rotatable bonds is 9. The number of hydrogen-bond acceptors (Lipinski definition) is 8. The van der Waals surface area contributed by atoms with Gasteiger partial charge in [-0.3, -0.25) is 0 Å². The molecule has 0 bridgehead atoms. The summed E-state index contributed by atoms with van der Waals surface area (Å²) in [6.07, 6.45) is -5.16. The average molecular weight is 621 g/mol. The number of cyclic esters (lactones) is 1. The number of carbonyl (C=O) groups is 1. The molecular formula is C29H60O8Si3. The zero-order valence-corrected chi connectivity index (χ0v) is 31.5. The van der Waals surface area contributed by atoms with E-state index in [2.05, 4.69) is 102 Å². The fourth-order valence-corrected chi connectivity index (χ4v) is 7.59. The van der Waals surface area contributed by atoms with Crippen molar-refractivity contribution in [2.24, 2.45) is 0 Å². The van der Waals surface area contributed by atoms with E-state index in [4.69, 9.17) is 27.5 Å². The van der Waals surface area contributed by atoms with Crippen molar-refractivity contribution < 1.29 is 37.4 Å². The maximum atomic E-state index is 13.4. The van der Waals surface area contributed by atoms with Gasteiger partial charge in [0.15, 0.2) is 42.9 Å². The maximum Gasteiger partial charge on any atom is 0.337 e. The van der Waals surface area contributed by atoms with Crippen LogP contribution in [0.5, 0.6) is 0 Å². The minimum absolute atomic E-state index is 0.0213. The third-order valence-corrected chi connectivity index (χ3v) is 23.3. The smallest absolute Gasteiger partial charge is 0.337 e. The van der Waals surface area contributed by atoms with Gasteiger partial charge < -0.3 is 32.6 Å². The molecule has 2 rings (SSSR count). The second-order valence-electron chi connectivity index (χ2n) is 16.7. The van der Waals surface area contributed by atoms with Crippen LogP contribution in [0.25, 0.3) is 0 Å². The van der Waals surface area contributed by atoms with Crippen LogP contribution in [0.15, 0.2) is 0 Å². The number of aliphatic hydroxyl groups is 1. The predicted molar refractivity (Wildman–Crippen MR) is 167 cm³/mol. The molecule has 2 heterocycles. The monoisotopic (exact) mass is 620 g/mol. The Labute approximate surface area is 247 Å². The van der Waals surface area contributed by atoms with Crippen molar-refractivity contribution in [1.29, 1.82) is 0 Å². The third kappa shape index (κ3) is 7.88. The first-order valence-electron chi connectivity index (χ1n) is 14.8. The van der Waals surface area contributed by atoms with Crippen LogP contribution in [-0.2, 0) is 32.3 Å².